The third-order valence-corrected chi connectivity index (χ3v) is 4.24. The second-order valence-electron chi connectivity index (χ2n) is 5.24. The van der Waals surface area contributed by atoms with Gasteiger partial charge in [-0.1, -0.05) is 53.5 Å². The minimum atomic E-state index is 0.358. The van der Waals surface area contributed by atoms with E-state index in [-0.39, 0.29) is 0 Å². The van der Waals surface area contributed by atoms with Crippen LogP contribution in [0.25, 0.3) is 10.8 Å². The van der Waals surface area contributed by atoms with Gasteiger partial charge in [-0.25, -0.2) is 0 Å². The molecule has 3 aromatic carbocycles. The van der Waals surface area contributed by atoms with Gasteiger partial charge in [-0.05, 0) is 29.0 Å². The van der Waals surface area contributed by atoms with Crippen LogP contribution in [-0.2, 0) is 6.54 Å². The molecule has 0 unspecified atom stereocenters. The maximum Gasteiger partial charge on any atom is 0.139 e. The Hall–Kier alpha value is -1.94. The van der Waals surface area contributed by atoms with Crippen molar-refractivity contribution in [2.45, 2.75) is 6.54 Å². The lowest BCUT2D eigenvalue weighted by molar-refractivity contribution is 0.216. The number of hydrogen-bond donors (Lipinski definition) is 1. The largest absolute Gasteiger partial charge is 0.490 e. The highest BCUT2D eigenvalue weighted by Crippen LogP contribution is 2.29. The first-order valence-corrected chi connectivity index (χ1v) is 8.36. The van der Waals surface area contributed by atoms with Crippen LogP contribution in [0.1, 0.15) is 5.56 Å². The summed E-state index contributed by atoms with van der Waals surface area (Å²) in [6.07, 6.45) is 0. The van der Waals surface area contributed by atoms with Gasteiger partial charge in [-0.15, -0.1) is 0 Å². The molecule has 0 saturated carbocycles. The fourth-order valence-electron chi connectivity index (χ4n) is 2.55. The monoisotopic (exact) mass is 361 g/mol. The van der Waals surface area contributed by atoms with E-state index in [0.29, 0.717) is 35.6 Å². The van der Waals surface area contributed by atoms with Crippen molar-refractivity contribution in [1.29, 1.82) is 0 Å². The molecule has 0 aliphatic heterocycles. The normalized spacial score (nSPS) is 10.8. The Kier molecular flexibility index (Phi) is 5.46. The van der Waals surface area contributed by atoms with Crippen LogP contribution in [0.5, 0.6) is 11.5 Å². The molecule has 24 heavy (non-hydrogen) atoms. The zero-order valence-corrected chi connectivity index (χ0v) is 14.5. The number of nitrogens with two attached hydrogens (primary N) is 1. The van der Waals surface area contributed by atoms with Gasteiger partial charge in [-0.3, -0.25) is 0 Å². The minimum Gasteiger partial charge on any atom is -0.490 e. The molecule has 0 heterocycles. The highest BCUT2D eigenvalue weighted by atomic mass is 35.5. The summed E-state index contributed by atoms with van der Waals surface area (Å²) in [5.74, 6) is 1.32. The first kappa shape index (κ1) is 16.9. The van der Waals surface area contributed by atoms with Gasteiger partial charge in [0, 0.05) is 23.2 Å². The van der Waals surface area contributed by atoms with Gasteiger partial charge in [0.15, 0.2) is 0 Å². The Morgan fingerprint density at radius 3 is 2.38 bits per heavy atom. The standard InChI is InChI=1S/C19H17Cl2NO2/c20-14-6-7-17(21)19(11-14)24-10-9-23-18-8-5-13-3-1-2-4-15(13)16(18)12-22/h1-8,11H,9-10,12,22H2. The van der Waals surface area contributed by atoms with Gasteiger partial charge < -0.3 is 15.2 Å². The van der Waals surface area contributed by atoms with Crippen LogP contribution in [-0.4, -0.2) is 13.2 Å². The molecule has 0 radical (unpaired) electrons. The third kappa shape index (κ3) is 3.75. The Balaban J connectivity index is 1.66. The predicted octanol–water partition coefficient (Wildman–Crippen LogP) is 5.06. The van der Waals surface area contributed by atoms with Crippen LogP contribution in [0.3, 0.4) is 0 Å². The zero-order chi connectivity index (χ0) is 16.9. The smallest absolute Gasteiger partial charge is 0.139 e. The van der Waals surface area contributed by atoms with Crippen LogP contribution in [0.4, 0.5) is 0 Å². The van der Waals surface area contributed by atoms with E-state index in [1.54, 1.807) is 18.2 Å². The topological polar surface area (TPSA) is 44.5 Å². The third-order valence-electron chi connectivity index (χ3n) is 3.69. The van der Waals surface area contributed by atoms with Crippen LogP contribution >= 0.6 is 23.2 Å². The van der Waals surface area contributed by atoms with Crippen molar-refractivity contribution in [3.05, 3.63) is 70.2 Å². The molecule has 3 nitrogen and oxygen atoms in total. The zero-order valence-electron chi connectivity index (χ0n) is 13.0. The van der Waals surface area contributed by atoms with E-state index in [1.165, 1.54) is 0 Å². The number of rotatable bonds is 6. The molecular weight excluding hydrogens is 345 g/mol. The summed E-state index contributed by atoms with van der Waals surface area (Å²) in [6, 6.07) is 17.2. The van der Waals surface area contributed by atoms with E-state index in [9.17, 15) is 0 Å². The molecule has 0 saturated heterocycles. The van der Waals surface area contributed by atoms with Crippen molar-refractivity contribution >= 4 is 34.0 Å². The maximum atomic E-state index is 6.06. The second-order valence-corrected chi connectivity index (χ2v) is 6.08. The number of halogens is 2. The van der Waals surface area contributed by atoms with Crippen molar-refractivity contribution in [3.63, 3.8) is 0 Å². The Morgan fingerprint density at radius 2 is 1.58 bits per heavy atom. The summed E-state index contributed by atoms with van der Waals surface area (Å²) in [5.41, 5.74) is 6.90. The average molecular weight is 362 g/mol. The van der Waals surface area contributed by atoms with Crippen molar-refractivity contribution in [2.24, 2.45) is 5.73 Å². The first-order chi connectivity index (χ1) is 11.7. The van der Waals surface area contributed by atoms with Crippen LogP contribution in [0, 0.1) is 0 Å². The number of fused-ring (bicyclic) bond motifs is 1. The van der Waals surface area contributed by atoms with E-state index in [4.69, 9.17) is 38.4 Å². The van der Waals surface area contributed by atoms with Crippen LogP contribution in [0.15, 0.2) is 54.6 Å². The number of ether oxygens (including phenoxy) is 2. The van der Waals surface area contributed by atoms with E-state index in [0.717, 1.165) is 22.1 Å². The first-order valence-electron chi connectivity index (χ1n) is 7.60. The van der Waals surface area contributed by atoms with Crippen molar-refractivity contribution < 1.29 is 9.47 Å². The molecule has 3 rings (SSSR count). The summed E-state index contributed by atoms with van der Waals surface area (Å²) in [6.45, 7) is 1.16. The SMILES string of the molecule is NCc1c(OCCOc2cc(Cl)ccc2Cl)ccc2ccccc12. The summed E-state index contributed by atoms with van der Waals surface area (Å²) in [4.78, 5) is 0. The molecular formula is C19H17Cl2NO2. The Morgan fingerprint density at radius 1 is 0.833 bits per heavy atom. The molecule has 0 aromatic heterocycles. The Labute approximate surface area is 150 Å². The molecule has 0 fully saturated rings. The molecule has 5 heteroatoms. The summed E-state index contributed by atoms with van der Waals surface area (Å²) < 4.78 is 11.5. The van der Waals surface area contributed by atoms with Crippen LogP contribution < -0.4 is 15.2 Å². The lowest BCUT2D eigenvalue weighted by Gasteiger charge is -2.14. The highest BCUT2D eigenvalue weighted by Gasteiger charge is 2.08. The van der Waals surface area contributed by atoms with Crippen molar-refractivity contribution in [2.75, 3.05) is 13.2 Å². The summed E-state index contributed by atoms with van der Waals surface area (Å²) >= 11 is 12.0. The van der Waals surface area contributed by atoms with Crippen LogP contribution in [0.2, 0.25) is 10.0 Å². The van der Waals surface area contributed by atoms with Gasteiger partial charge in [0.25, 0.3) is 0 Å². The summed E-state index contributed by atoms with van der Waals surface area (Å²) in [7, 11) is 0. The van der Waals surface area contributed by atoms with Gasteiger partial charge in [0.1, 0.15) is 24.7 Å². The van der Waals surface area contributed by atoms with Crippen molar-refractivity contribution in [3.8, 4) is 11.5 Å². The fraction of sp³-hybridized carbons (Fsp3) is 0.158. The average Bonchev–Trinajstić information content (AvgIpc) is 2.61. The molecule has 0 aliphatic rings. The highest BCUT2D eigenvalue weighted by molar-refractivity contribution is 6.34. The summed E-state index contributed by atoms with van der Waals surface area (Å²) in [5, 5.41) is 3.35. The fourth-order valence-corrected chi connectivity index (χ4v) is 2.89. The molecule has 3 aromatic rings. The Bertz CT molecular complexity index is 852. The number of benzene rings is 3. The predicted molar refractivity (Wildman–Crippen MR) is 99.3 cm³/mol. The van der Waals surface area contributed by atoms with Gasteiger partial charge in [-0.2, -0.15) is 0 Å². The molecule has 0 amide bonds. The van der Waals surface area contributed by atoms with Gasteiger partial charge >= 0.3 is 0 Å². The van der Waals surface area contributed by atoms with E-state index >= 15 is 0 Å². The molecule has 0 aliphatic carbocycles. The molecule has 0 bridgehead atoms. The van der Waals surface area contributed by atoms with E-state index < -0.39 is 0 Å². The van der Waals surface area contributed by atoms with Gasteiger partial charge in [0.2, 0.25) is 0 Å². The quantitative estimate of drug-likeness (QED) is 0.623. The van der Waals surface area contributed by atoms with E-state index in [2.05, 4.69) is 6.07 Å². The lowest BCUT2D eigenvalue weighted by Crippen LogP contribution is -2.11. The molecule has 124 valence electrons. The maximum absolute atomic E-state index is 6.06. The lowest BCUT2D eigenvalue weighted by atomic mass is 10.0. The van der Waals surface area contributed by atoms with Crippen molar-refractivity contribution in [1.82, 2.24) is 0 Å². The van der Waals surface area contributed by atoms with E-state index in [1.807, 2.05) is 30.3 Å². The molecule has 0 spiro atoms. The van der Waals surface area contributed by atoms with Gasteiger partial charge in [0.05, 0.1) is 5.02 Å². The molecule has 0 atom stereocenters. The number of hydrogen-bond acceptors (Lipinski definition) is 3. The molecule has 2 N–H and O–H groups in total. The minimum absolute atomic E-state index is 0.358. The second kappa shape index (κ2) is 7.75.